The molecule has 0 aromatic heterocycles. The van der Waals surface area contributed by atoms with Gasteiger partial charge >= 0.3 is 0 Å². The van der Waals surface area contributed by atoms with E-state index in [1.807, 2.05) is 72.8 Å². The summed E-state index contributed by atoms with van der Waals surface area (Å²) >= 11 is 6.73. The van der Waals surface area contributed by atoms with E-state index in [1.165, 1.54) is 0 Å². The molecule has 0 unspecified atom stereocenters. The van der Waals surface area contributed by atoms with Gasteiger partial charge in [0.15, 0.2) is 0 Å². The first kappa shape index (κ1) is 14.4. The van der Waals surface area contributed by atoms with Crippen molar-refractivity contribution in [3.05, 3.63) is 102 Å². The van der Waals surface area contributed by atoms with Gasteiger partial charge in [0, 0.05) is 11.3 Å². The number of nitrogen functional groups attached to an aromatic ring is 1. The second-order valence-corrected chi connectivity index (χ2v) is 5.42. The fraction of sp³-hybridized carbons (Fsp3) is 0. The highest BCUT2D eigenvalue weighted by atomic mass is 35.5. The molecule has 0 radical (unpaired) electrons. The molecule has 0 atom stereocenters. The minimum absolute atomic E-state index is 0.733. The Morgan fingerprint density at radius 3 is 1.59 bits per heavy atom. The molecule has 0 saturated heterocycles. The van der Waals surface area contributed by atoms with Gasteiger partial charge in [-0.05, 0) is 28.8 Å². The van der Waals surface area contributed by atoms with E-state index in [9.17, 15) is 0 Å². The third kappa shape index (κ3) is 3.05. The Hall–Kier alpha value is -2.51. The largest absolute Gasteiger partial charge is 0.399 e. The smallest absolute Gasteiger partial charge is 0.0562 e. The molecule has 0 spiro atoms. The van der Waals surface area contributed by atoms with Crippen molar-refractivity contribution in [1.82, 2.24) is 0 Å². The third-order valence-electron chi connectivity index (χ3n) is 3.51. The Kier molecular flexibility index (Phi) is 4.27. The van der Waals surface area contributed by atoms with Crippen LogP contribution >= 0.6 is 11.6 Å². The summed E-state index contributed by atoms with van der Waals surface area (Å²) in [5.41, 5.74) is 10.7. The van der Waals surface area contributed by atoms with Crippen LogP contribution in [0.25, 0.3) is 10.6 Å². The van der Waals surface area contributed by atoms with Gasteiger partial charge in [-0.25, -0.2) is 0 Å². The van der Waals surface area contributed by atoms with Gasteiger partial charge in [-0.2, -0.15) is 0 Å². The van der Waals surface area contributed by atoms with E-state index in [-0.39, 0.29) is 0 Å². The van der Waals surface area contributed by atoms with Crippen molar-refractivity contribution in [2.45, 2.75) is 0 Å². The SMILES string of the molecule is Nc1ccc(C(=C(Cl)c2ccccc2)c2ccccc2)cc1. The molecule has 0 amide bonds. The van der Waals surface area contributed by atoms with Crippen LogP contribution in [0.4, 0.5) is 5.69 Å². The lowest BCUT2D eigenvalue weighted by Gasteiger charge is -2.12. The quantitative estimate of drug-likeness (QED) is 0.507. The van der Waals surface area contributed by atoms with Crippen LogP contribution in [0.3, 0.4) is 0 Å². The van der Waals surface area contributed by atoms with Crippen LogP contribution < -0.4 is 5.73 Å². The fourth-order valence-corrected chi connectivity index (χ4v) is 2.75. The molecule has 3 aromatic carbocycles. The number of hydrogen-bond acceptors (Lipinski definition) is 1. The highest BCUT2D eigenvalue weighted by Gasteiger charge is 2.12. The summed E-state index contributed by atoms with van der Waals surface area (Å²) in [5.74, 6) is 0. The van der Waals surface area contributed by atoms with E-state index in [2.05, 4.69) is 12.1 Å². The van der Waals surface area contributed by atoms with Crippen molar-refractivity contribution >= 4 is 27.9 Å². The Morgan fingerprint density at radius 2 is 1.05 bits per heavy atom. The van der Waals surface area contributed by atoms with E-state index >= 15 is 0 Å². The van der Waals surface area contributed by atoms with Gasteiger partial charge in [0.25, 0.3) is 0 Å². The predicted molar refractivity (Wildman–Crippen MR) is 95.5 cm³/mol. The van der Waals surface area contributed by atoms with Crippen LogP contribution in [-0.2, 0) is 0 Å². The first-order chi connectivity index (χ1) is 10.8. The lowest BCUT2D eigenvalue weighted by molar-refractivity contribution is 1.54. The summed E-state index contributed by atoms with van der Waals surface area (Å²) in [7, 11) is 0. The Morgan fingerprint density at radius 1 is 0.591 bits per heavy atom. The molecule has 0 saturated carbocycles. The molecule has 108 valence electrons. The zero-order chi connectivity index (χ0) is 15.4. The molecular weight excluding hydrogens is 290 g/mol. The molecule has 0 aliphatic carbocycles. The van der Waals surface area contributed by atoms with Gasteiger partial charge in [-0.3, -0.25) is 0 Å². The topological polar surface area (TPSA) is 26.0 Å². The minimum Gasteiger partial charge on any atom is -0.399 e. The first-order valence-electron chi connectivity index (χ1n) is 7.12. The second kappa shape index (κ2) is 6.50. The first-order valence-corrected chi connectivity index (χ1v) is 7.50. The van der Waals surface area contributed by atoms with Gasteiger partial charge in [0.2, 0.25) is 0 Å². The van der Waals surface area contributed by atoms with Crippen LogP contribution in [0.1, 0.15) is 16.7 Å². The van der Waals surface area contributed by atoms with Gasteiger partial charge in [0.1, 0.15) is 0 Å². The molecule has 0 aliphatic rings. The average molecular weight is 306 g/mol. The van der Waals surface area contributed by atoms with Crippen molar-refractivity contribution in [2.24, 2.45) is 0 Å². The molecule has 2 heteroatoms. The van der Waals surface area contributed by atoms with Crippen LogP contribution in [0.15, 0.2) is 84.9 Å². The monoisotopic (exact) mass is 305 g/mol. The number of nitrogens with two attached hydrogens (primary N) is 1. The van der Waals surface area contributed by atoms with Gasteiger partial charge < -0.3 is 5.73 Å². The maximum atomic E-state index is 6.73. The average Bonchev–Trinajstić information content (AvgIpc) is 2.58. The molecule has 0 heterocycles. The number of hydrogen-bond donors (Lipinski definition) is 1. The second-order valence-electron chi connectivity index (χ2n) is 5.04. The lowest BCUT2D eigenvalue weighted by atomic mass is 9.95. The van der Waals surface area contributed by atoms with Crippen LogP contribution in [0, 0.1) is 0 Å². The molecule has 0 bridgehead atoms. The van der Waals surface area contributed by atoms with Crippen molar-refractivity contribution in [2.75, 3.05) is 5.73 Å². The summed E-state index contributed by atoms with van der Waals surface area (Å²) in [6, 6.07) is 28.0. The summed E-state index contributed by atoms with van der Waals surface area (Å²) in [4.78, 5) is 0. The summed E-state index contributed by atoms with van der Waals surface area (Å²) in [6.45, 7) is 0. The number of rotatable bonds is 3. The third-order valence-corrected chi connectivity index (χ3v) is 3.92. The highest BCUT2D eigenvalue weighted by molar-refractivity contribution is 6.53. The van der Waals surface area contributed by atoms with Crippen molar-refractivity contribution in [3.8, 4) is 0 Å². The molecule has 22 heavy (non-hydrogen) atoms. The number of benzene rings is 3. The fourth-order valence-electron chi connectivity index (χ4n) is 2.40. The Bertz CT molecular complexity index is 775. The maximum absolute atomic E-state index is 6.73. The van der Waals surface area contributed by atoms with Gasteiger partial charge in [-0.15, -0.1) is 0 Å². The molecule has 1 nitrogen and oxygen atoms in total. The molecule has 3 aromatic rings. The molecule has 0 fully saturated rings. The van der Waals surface area contributed by atoms with Crippen LogP contribution in [-0.4, -0.2) is 0 Å². The Balaban J connectivity index is 2.21. The summed E-state index contributed by atoms with van der Waals surface area (Å²) < 4.78 is 0. The van der Waals surface area contributed by atoms with Crippen LogP contribution in [0.5, 0.6) is 0 Å². The van der Waals surface area contributed by atoms with Gasteiger partial charge in [0.05, 0.1) is 5.03 Å². The lowest BCUT2D eigenvalue weighted by Crippen LogP contribution is -1.92. The minimum atomic E-state index is 0.733. The molecule has 0 aliphatic heterocycles. The standard InChI is InChI=1S/C20H16ClN/c21-20(17-9-5-2-6-10-17)19(15-7-3-1-4-8-15)16-11-13-18(22)14-12-16/h1-14H,22H2. The van der Waals surface area contributed by atoms with E-state index in [0.29, 0.717) is 0 Å². The normalized spacial score (nSPS) is 11.9. The molecule has 3 rings (SSSR count). The van der Waals surface area contributed by atoms with Crippen molar-refractivity contribution in [1.29, 1.82) is 0 Å². The van der Waals surface area contributed by atoms with Crippen LogP contribution in [0.2, 0.25) is 0 Å². The zero-order valence-electron chi connectivity index (χ0n) is 12.0. The van der Waals surface area contributed by atoms with E-state index in [4.69, 9.17) is 17.3 Å². The highest BCUT2D eigenvalue weighted by Crippen LogP contribution is 2.34. The van der Waals surface area contributed by atoms with Crippen molar-refractivity contribution < 1.29 is 0 Å². The Labute approximate surface area is 135 Å². The summed E-state index contributed by atoms with van der Waals surface area (Å²) in [5, 5.41) is 0.733. The summed E-state index contributed by atoms with van der Waals surface area (Å²) in [6.07, 6.45) is 0. The van der Waals surface area contributed by atoms with Crippen molar-refractivity contribution in [3.63, 3.8) is 0 Å². The zero-order valence-corrected chi connectivity index (χ0v) is 12.8. The molecule has 2 N–H and O–H groups in total. The number of halogens is 1. The number of anilines is 1. The van der Waals surface area contributed by atoms with E-state index in [0.717, 1.165) is 33.0 Å². The maximum Gasteiger partial charge on any atom is 0.0562 e. The molecular formula is C20H16ClN. The van der Waals surface area contributed by atoms with E-state index < -0.39 is 0 Å². The van der Waals surface area contributed by atoms with Gasteiger partial charge in [-0.1, -0.05) is 84.4 Å². The predicted octanol–water partition coefficient (Wildman–Crippen LogP) is 5.42. The van der Waals surface area contributed by atoms with E-state index in [1.54, 1.807) is 0 Å².